The van der Waals surface area contributed by atoms with Gasteiger partial charge in [0.05, 0.1) is 0 Å². The van der Waals surface area contributed by atoms with Crippen LogP contribution in [0, 0.1) is 0 Å². The van der Waals surface area contributed by atoms with Gasteiger partial charge in [-0.25, -0.2) is 0 Å². The van der Waals surface area contributed by atoms with E-state index in [0.29, 0.717) is 0 Å². The fourth-order valence-corrected chi connectivity index (χ4v) is 4.39. The lowest BCUT2D eigenvalue weighted by Crippen LogP contribution is -2.43. The number of anilines is 2. The number of para-hydroxylation sites is 1. The average molecular weight is 379 g/mol. The van der Waals surface area contributed by atoms with Crippen LogP contribution in [0.15, 0.2) is 42.5 Å². The predicted molar refractivity (Wildman–Crippen MR) is 119 cm³/mol. The molecule has 2 aromatic rings. The average Bonchev–Trinajstić information content (AvgIpc) is 2.85. The molecule has 0 N–H and O–H groups in total. The van der Waals surface area contributed by atoms with E-state index in [-0.39, 0.29) is 0 Å². The van der Waals surface area contributed by atoms with Crippen LogP contribution in [0.1, 0.15) is 16.7 Å². The second kappa shape index (κ2) is 8.64. The summed E-state index contributed by atoms with van der Waals surface area (Å²) in [5.74, 6) is 0. The van der Waals surface area contributed by atoms with Gasteiger partial charge in [-0.2, -0.15) is 0 Å². The Morgan fingerprint density at radius 1 is 0.857 bits per heavy atom. The number of rotatable bonds is 5. The lowest BCUT2D eigenvalue weighted by atomic mass is 10.0. The molecular formula is C24H34N4. The van der Waals surface area contributed by atoms with Gasteiger partial charge in [0, 0.05) is 57.2 Å². The highest BCUT2D eigenvalue weighted by Gasteiger charge is 2.21. The Labute approximate surface area is 170 Å². The number of piperazine rings is 1. The van der Waals surface area contributed by atoms with Crippen LogP contribution in [-0.4, -0.2) is 75.1 Å². The topological polar surface area (TPSA) is 13.0 Å². The number of fused-ring (bicyclic) bond motifs is 2. The number of benzene rings is 2. The van der Waals surface area contributed by atoms with Crippen molar-refractivity contribution < 1.29 is 0 Å². The van der Waals surface area contributed by atoms with E-state index in [9.17, 15) is 0 Å². The van der Waals surface area contributed by atoms with E-state index >= 15 is 0 Å². The number of aryl methyl sites for hydroxylation is 2. The van der Waals surface area contributed by atoms with Crippen molar-refractivity contribution in [3.63, 3.8) is 0 Å². The van der Waals surface area contributed by atoms with Crippen molar-refractivity contribution >= 4 is 11.4 Å². The minimum absolute atomic E-state index is 1.02. The summed E-state index contributed by atoms with van der Waals surface area (Å²) in [4.78, 5) is 9.83. The molecule has 0 saturated carbocycles. The Morgan fingerprint density at radius 3 is 2.36 bits per heavy atom. The molecular weight excluding hydrogens is 344 g/mol. The van der Waals surface area contributed by atoms with E-state index in [1.54, 1.807) is 0 Å². The van der Waals surface area contributed by atoms with Crippen LogP contribution >= 0.6 is 0 Å². The maximum absolute atomic E-state index is 2.59. The minimum atomic E-state index is 1.02. The summed E-state index contributed by atoms with van der Waals surface area (Å²) in [5.41, 5.74) is 7.21. The summed E-state index contributed by atoms with van der Waals surface area (Å²) in [6, 6.07) is 16.1. The number of likely N-dealkylation sites (N-methyl/N-ethyl adjacent to an activating group) is 2. The fraction of sp³-hybridized carbons (Fsp3) is 0.500. The highest BCUT2D eigenvalue weighted by Crippen LogP contribution is 2.36. The summed E-state index contributed by atoms with van der Waals surface area (Å²) in [5, 5.41) is 0. The summed E-state index contributed by atoms with van der Waals surface area (Å²) < 4.78 is 0. The van der Waals surface area contributed by atoms with E-state index in [1.165, 1.54) is 54.2 Å². The first-order valence-corrected chi connectivity index (χ1v) is 10.6. The first kappa shape index (κ1) is 19.4. The second-order valence-electron chi connectivity index (χ2n) is 8.63. The standard InChI is InChI=1S/C24H34N4/c1-25(2)12-17-28-23-7-5-4-6-21(23)9-10-22-18-20(8-11-24(22)28)19-27-15-13-26(3)14-16-27/h4-8,11,18H,9-10,12-17,19H2,1-3H3. The van der Waals surface area contributed by atoms with Gasteiger partial charge in [0.2, 0.25) is 0 Å². The van der Waals surface area contributed by atoms with Gasteiger partial charge < -0.3 is 14.7 Å². The summed E-state index contributed by atoms with van der Waals surface area (Å²) in [6.07, 6.45) is 2.25. The van der Waals surface area contributed by atoms with Crippen molar-refractivity contribution in [2.45, 2.75) is 19.4 Å². The van der Waals surface area contributed by atoms with Gasteiger partial charge in [0.15, 0.2) is 0 Å². The van der Waals surface area contributed by atoms with E-state index in [4.69, 9.17) is 0 Å². The summed E-state index contributed by atoms with van der Waals surface area (Å²) in [7, 11) is 6.54. The molecule has 2 aliphatic heterocycles. The van der Waals surface area contributed by atoms with Crippen molar-refractivity contribution in [1.82, 2.24) is 14.7 Å². The lowest BCUT2D eigenvalue weighted by Gasteiger charge is -2.32. The molecule has 0 aromatic heterocycles. The number of nitrogens with zero attached hydrogens (tertiary/aromatic N) is 4. The molecule has 150 valence electrons. The van der Waals surface area contributed by atoms with E-state index in [1.807, 2.05) is 0 Å². The zero-order chi connectivity index (χ0) is 19.5. The van der Waals surface area contributed by atoms with Crippen molar-refractivity contribution in [3.05, 3.63) is 59.2 Å². The van der Waals surface area contributed by atoms with E-state index in [2.05, 4.69) is 83.2 Å². The molecule has 0 unspecified atom stereocenters. The molecule has 2 aromatic carbocycles. The number of hydrogen-bond donors (Lipinski definition) is 0. The molecule has 28 heavy (non-hydrogen) atoms. The zero-order valence-corrected chi connectivity index (χ0v) is 17.7. The summed E-state index contributed by atoms with van der Waals surface area (Å²) >= 11 is 0. The summed E-state index contributed by atoms with van der Waals surface area (Å²) in [6.45, 7) is 7.86. The molecule has 1 saturated heterocycles. The third-order valence-electron chi connectivity index (χ3n) is 6.15. The molecule has 4 rings (SSSR count). The normalized spacial score (nSPS) is 18.1. The molecule has 0 radical (unpaired) electrons. The fourth-order valence-electron chi connectivity index (χ4n) is 4.39. The van der Waals surface area contributed by atoms with Crippen molar-refractivity contribution in [1.29, 1.82) is 0 Å². The largest absolute Gasteiger partial charge is 0.340 e. The van der Waals surface area contributed by atoms with Gasteiger partial charge in [-0.05, 0) is 62.8 Å². The van der Waals surface area contributed by atoms with E-state index < -0.39 is 0 Å². The molecule has 0 aliphatic carbocycles. The SMILES string of the molecule is CN(C)CCN1c2ccccc2CCc2cc(CN3CCN(C)CC3)ccc21. The smallest absolute Gasteiger partial charge is 0.0444 e. The van der Waals surface area contributed by atoms with Crippen LogP contribution in [0.3, 0.4) is 0 Å². The van der Waals surface area contributed by atoms with Crippen molar-refractivity contribution in [2.75, 3.05) is 65.3 Å². The van der Waals surface area contributed by atoms with Gasteiger partial charge in [0.25, 0.3) is 0 Å². The molecule has 4 heteroatoms. The molecule has 0 spiro atoms. The molecule has 0 atom stereocenters. The quantitative estimate of drug-likeness (QED) is 0.792. The molecule has 4 nitrogen and oxygen atoms in total. The lowest BCUT2D eigenvalue weighted by molar-refractivity contribution is 0.148. The van der Waals surface area contributed by atoms with Gasteiger partial charge in [-0.15, -0.1) is 0 Å². The first-order chi connectivity index (χ1) is 13.6. The maximum atomic E-state index is 2.59. The molecule has 1 fully saturated rings. The molecule has 0 amide bonds. The van der Waals surface area contributed by atoms with Crippen molar-refractivity contribution in [3.8, 4) is 0 Å². The van der Waals surface area contributed by atoms with Gasteiger partial charge in [0.1, 0.15) is 0 Å². The Hall–Kier alpha value is -1.88. The maximum Gasteiger partial charge on any atom is 0.0444 e. The molecule has 2 heterocycles. The Balaban J connectivity index is 1.59. The monoisotopic (exact) mass is 378 g/mol. The van der Waals surface area contributed by atoms with Crippen LogP contribution < -0.4 is 4.90 Å². The Morgan fingerprint density at radius 2 is 1.57 bits per heavy atom. The highest BCUT2D eigenvalue weighted by atomic mass is 15.2. The van der Waals surface area contributed by atoms with Gasteiger partial charge >= 0.3 is 0 Å². The van der Waals surface area contributed by atoms with E-state index in [0.717, 1.165) is 32.5 Å². The highest BCUT2D eigenvalue weighted by molar-refractivity contribution is 5.71. The Bertz CT molecular complexity index is 793. The first-order valence-electron chi connectivity index (χ1n) is 10.6. The molecule has 0 bridgehead atoms. The number of hydrogen-bond acceptors (Lipinski definition) is 4. The van der Waals surface area contributed by atoms with Crippen LogP contribution in [0.25, 0.3) is 0 Å². The van der Waals surface area contributed by atoms with Gasteiger partial charge in [-0.1, -0.05) is 30.3 Å². The predicted octanol–water partition coefficient (Wildman–Crippen LogP) is 3.23. The van der Waals surface area contributed by atoms with Crippen molar-refractivity contribution in [2.24, 2.45) is 0 Å². The van der Waals surface area contributed by atoms with Crippen LogP contribution in [0.4, 0.5) is 11.4 Å². The third kappa shape index (κ3) is 4.40. The van der Waals surface area contributed by atoms with Crippen LogP contribution in [0.5, 0.6) is 0 Å². The van der Waals surface area contributed by atoms with Gasteiger partial charge in [-0.3, -0.25) is 4.90 Å². The minimum Gasteiger partial charge on any atom is -0.340 e. The third-order valence-corrected chi connectivity index (χ3v) is 6.15. The van der Waals surface area contributed by atoms with Crippen LogP contribution in [-0.2, 0) is 19.4 Å². The van der Waals surface area contributed by atoms with Crippen LogP contribution in [0.2, 0.25) is 0 Å². The molecule has 2 aliphatic rings. The second-order valence-corrected chi connectivity index (χ2v) is 8.63. The zero-order valence-electron chi connectivity index (χ0n) is 17.7. The Kier molecular flexibility index (Phi) is 6.00.